The van der Waals surface area contributed by atoms with Crippen LogP contribution in [-0.4, -0.2) is 94.2 Å². The minimum Gasteiger partial charge on any atom is -0.510 e. The van der Waals surface area contributed by atoms with E-state index in [9.17, 15) is 34.8 Å². The summed E-state index contributed by atoms with van der Waals surface area (Å²) in [6.45, 7) is 0.255. The van der Waals surface area contributed by atoms with Gasteiger partial charge in [0.1, 0.15) is 22.9 Å². The molecule has 0 aliphatic heterocycles. The molecule has 5 rings (SSSR count). The molecule has 0 bridgehead atoms. The molecule has 1 saturated carbocycles. The smallest absolute Gasteiger partial charge is 0.248 e. The standard InChI is InChI=1S/C33H36N4O7/c1-36(2)16-25(39)35-20-10-6-17(7-11-20)5-8-18-9-12-24(38)27-21(18)13-19-14-23-28(37(3)4)29(40)22(32(34)43)15-33(23,44)31(42)26(19)30(27)41/h6-7,9-12,19,23,28,38,40-41,44H,13-16H2,1-4H3,(H2,34,43)(H,35,39). The van der Waals surface area contributed by atoms with E-state index in [1.165, 1.54) is 6.07 Å². The molecule has 44 heavy (non-hydrogen) atoms. The molecule has 4 unspecified atom stereocenters. The zero-order valence-electron chi connectivity index (χ0n) is 25.0. The zero-order valence-corrected chi connectivity index (χ0v) is 25.0. The Morgan fingerprint density at radius 3 is 2.34 bits per heavy atom. The van der Waals surface area contributed by atoms with Crippen molar-refractivity contribution in [2.75, 3.05) is 40.1 Å². The molecule has 11 heteroatoms. The lowest BCUT2D eigenvalue weighted by Gasteiger charge is -2.51. The fourth-order valence-corrected chi connectivity index (χ4v) is 6.72. The number of aliphatic hydroxyl groups is 3. The van der Waals surface area contributed by atoms with Crippen molar-refractivity contribution in [3.8, 4) is 17.6 Å². The first kappa shape index (κ1) is 30.8. The molecule has 0 spiro atoms. The quantitative estimate of drug-likeness (QED) is 0.279. The fraction of sp³-hybridized carbons (Fsp3) is 0.364. The molecular formula is C33H36N4O7. The number of aliphatic hydroxyl groups excluding tert-OH is 2. The van der Waals surface area contributed by atoms with E-state index in [0.717, 1.165) is 0 Å². The first-order chi connectivity index (χ1) is 20.7. The maximum absolute atomic E-state index is 14.0. The number of anilines is 1. The molecule has 0 aromatic heterocycles. The van der Waals surface area contributed by atoms with Crippen molar-refractivity contribution in [2.45, 2.75) is 30.9 Å². The molecule has 4 atom stereocenters. The highest BCUT2D eigenvalue weighted by atomic mass is 16.3. The van der Waals surface area contributed by atoms with Gasteiger partial charge in [-0.25, -0.2) is 0 Å². The summed E-state index contributed by atoms with van der Waals surface area (Å²) in [7, 11) is 6.96. The second-order valence-electron chi connectivity index (χ2n) is 12.2. The molecule has 230 valence electrons. The van der Waals surface area contributed by atoms with Crippen molar-refractivity contribution in [3.05, 3.63) is 75.6 Å². The second-order valence-corrected chi connectivity index (χ2v) is 12.2. The summed E-state index contributed by atoms with van der Waals surface area (Å²) in [6.07, 6.45) is -0.0207. The van der Waals surface area contributed by atoms with Gasteiger partial charge in [-0.1, -0.05) is 11.8 Å². The average Bonchev–Trinajstić information content (AvgIpc) is 2.93. The number of nitrogens with one attached hydrogen (secondary N) is 1. The number of rotatable bonds is 5. The van der Waals surface area contributed by atoms with Crippen LogP contribution in [0.2, 0.25) is 0 Å². The van der Waals surface area contributed by atoms with Crippen LogP contribution in [0.3, 0.4) is 0 Å². The Hall–Kier alpha value is -4.63. The number of nitrogens with zero attached hydrogens (tertiary/aromatic N) is 2. The number of nitrogens with two attached hydrogens (primary N) is 1. The summed E-state index contributed by atoms with van der Waals surface area (Å²) < 4.78 is 0. The molecule has 3 aliphatic carbocycles. The van der Waals surface area contributed by atoms with Crippen molar-refractivity contribution in [1.82, 2.24) is 9.80 Å². The van der Waals surface area contributed by atoms with E-state index in [0.29, 0.717) is 22.4 Å². The molecule has 3 aliphatic rings. The lowest BCUT2D eigenvalue weighted by molar-refractivity contribution is -0.151. The number of fused-ring (bicyclic) bond motifs is 3. The fourth-order valence-electron chi connectivity index (χ4n) is 6.72. The van der Waals surface area contributed by atoms with Gasteiger partial charge in [-0.05, 0) is 88.9 Å². The topological polar surface area (TPSA) is 177 Å². The molecule has 2 aromatic rings. The van der Waals surface area contributed by atoms with Crippen molar-refractivity contribution in [2.24, 2.45) is 17.6 Å². The first-order valence-corrected chi connectivity index (χ1v) is 14.2. The van der Waals surface area contributed by atoms with Crippen LogP contribution in [0.4, 0.5) is 5.69 Å². The van der Waals surface area contributed by atoms with Gasteiger partial charge in [0.25, 0.3) is 0 Å². The van der Waals surface area contributed by atoms with Crippen LogP contribution in [-0.2, 0) is 20.8 Å². The molecule has 0 heterocycles. The predicted molar refractivity (Wildman–Crippen MR) is 163 cm³/mol. The number of phenolic OH excluding ortho intramolecular Hbond substituents is 1. The number of likely N-dealkylation sites (N-methyl/N-ethyl adjacent to an activating group) is 2. The summed E-state index contributed by atoms with van der Waals surface area (Å²) in [5, 5.41) is 47.7. The van der Waals surface area contributed by atoms with Gasteiger partial charge in [0.2, 0.25) is 11.8 Å². The molecular weight excluding hydrogens is 564 g/mol. The Balaban J connectivity index is 1.50. The maximum Gasteiger partial charge on any atom is 0.248 e. The summed E-state index contributed by atoms with van der Waals surface area (Å²) in [5.74, 6) is 2.09. The van der Waals surface area contributed by atoms with Crippen LogP contribution in [0.15, 0.2) is 53.3 Å². The molecule has 2 aromatic carbocycles. The number of benzene rings is 2. The molecule has 2 amide bonds. The zero-order chi connectivity index (χ0) is 32.1. The van der Waals surface area contributed by atoms with E-state index in [4.69, 9.17) is 5.73 Å². The predicted octanol–water partition coefficient (Wildman–Crippen LogP) is 1.68. The Morgan fingerprint density at radius 2 is 1.73 bits per heavy atom. The van der Waals surface area contributed by atoms with Crippen LogP contribution in [0, 0.1) is 23.7 Å². The number of aromatic hydroxyl groups is 1. The van der Waals surface area contributed by atoms with Gasteiger partial charge in [0, 0.05) is 34.7 Å². The van der Waals surface area contributed by atoms with Crippen molar-refractivity contribution in [3.63, 3.8) is 0 Å². The van der Waals surface area contributed by atoms with Crippen molar-refractivity contribution in [1.29, 1.82) is 0 Å². The van der Waals surface area contributed by atoms with Crippen LogP contribution in [0.25, 0.3) is 5.76 Å². The third-order valence-corrected chi connectivity index (χ3v) is 8.67. The third-order valence-electron chi connectivity index (χ3n) is 8.67. The Labute approximate surface area is 255 Å². The van der Waals surface area contributed by atoms with Gasteiger partial charge in [0.05, 0.1) is 23.7 Å². The average molecular weight is 601 g/mol. The number of Topliss-reactive ketones (excluding diaryl/α,β-unsaturated/α-hetero) is 1. The normalized spacial score (nSPS) is 24.3. The minimum atomic E-state index is -2.09. The largest absolute Gasteiger partial charge is 0.510 e. The summed E-state index contributed by atoms with van der Waals surface area (Å²) in [4.78, 5) is 41.5. The number of hydrogen-bond donors (Lipinski definition) is 6. The molecule has 1 fully saturated rings. The van der Waals surface area contributed by atoms with Gasteiger partial charge < -0.3 is 36.4 Å². The van der Waals surface area contributed by atoms with Gasteiger partial charge >= 0.3 is 0 Å². The van der Waals surface area contributed by atoms with Crippen LogP contribution in [0.1, 0.15) is 35.1 Å². The van der Waals surface area contributed by atoms with Crippen molar-refractivity contribution < 1.29 is 34.8 Å². The van der Waals surface area contributed by atoms with Gasteiger partial charge in [-0.2, -0.15) is 0 Å². The number of amides is 2. The highest BCUT2D eigenvalue weighted by Crippen LogP contribution is 2.53. The summed E-state index contributed by atoms with van der Waals surface area (Å²) in [5.41, 5.74) is 5.65. The monoisotopic (exact) mass is 600 g/mol. The van der Waals surface area contributed by atoms with Gasteiger partial charge in [-0.15, -0.1) is 0 Å². The van der Waals surface area contributed by atoms with Gasteiger partial charge in [0.15, 0.2) is 5.78 Å². The van der Waals surface area contributed by atoms with Crippen LogP contribution < -0.4 is 11.1 Å². The Morgan fingerprint density at radius 1 is 1.05 bits per heavy atom. The van der Waals surface area contributed by atoms with E-state index in [1.807, 2.05) is 14.1 Å². The van der Waals surface area contributed by atoms with Gasteiger partial charge in [-0.3, -0.25) is 19.3 Å². The molecule has 7 N–H and O–H groups in total. The highest BCUT2D eigenvalue weighted by molar-refractivity contribution is 6.10. The summed E-state index contributed by atoms with van der Waals surface area (Å²) >= 11 is 0. The number of ketones is 1. The van der Waals surface area contributed by atoms with Crippen LogP contribution in [0.5, 0.6) is 5.75 Å². The van der Waals surface area contributed by atoms with E-state index in [1.54, 1.807) is 54.2 Å². The molecule has 0 saturated heterocycles. The SMILES string of the molecule is CN(C)CC(=O)Nc1ccc(C#Cc2ccc(O)c3c2CC2CC4C(N(C)C)C(O)=C(C(N)=O)CC4(O)C(=O)C2=C3O)cc1. The minimum absolute atomic E-state index is 0.0220. The Kier molecular flexibility index (Phi) is 8.03. The highest BCUT2D eigenvalue weighted by Gasteiger charge is 2.60. The number of phenols is 1. The van der Waals surface area contributed by atoms with E-state index >= 15 is 0 Å². The first-order valence-electron chi connectivity index (χ1n) is 14.2. The number of primary amides is 1. The molecule has 0 radical (unpaired) electrons. The van der Waals surface area contributed by atoms with E-state index in [-0.39, 0.29) is 53.5 Å². The third kappa shape index (κ3) is 5.32. The number of carbonyl (C=O) groups excluding carboxylic acids is 3. The van der Waals surface area contributed by atoms with E-state index < -0.39 is 47.3 Å². The molecule has 11 nitrogen and oxygen atoms in total. The lowest BCUT2D eigenvalue weighted by Crippen LogP contribution is -2.62. The van der Waals surface area contributed by atoms with Crippen LogP contribution >= 0.6 is 0 Å². The number of carbonyl (C=O) groups is 3. The Bertz CT molecular complexity index is 1680. The summed E-state index contributed by atoms with van der Waals surface area (Å²) in [6, 6.07) is 9.22. The maximum atomic E-state index is 14.0. The van der Waals surface area contributed by atoms with E-state index in [2.05, 4.69) is 17.2 Å². The second kappa shape index (κ2) is 11.5. The number of hydrogen-bond acceptors (Lipinski definition) is 9. The lowest BCUT2D eigenvalue weighted by atomic mass is 9.57. The van der Waals surface area contributed by atoms with Crippen molar-refractivity contribution >= 4 is 29.0 Å².